The van der Waals surface area contributed by atoms with E-state index >= 15 is 0 Å². The number of nitriles is 1. The lowest BCUT2D eigenvalue weighted by Gasteiger charge is -2.19. The first-order chi connectivity index (χ1) is 9.04. The molecule has 1 aliphatic rings. The first kappa shape index (κ1) is 13.8. The number of rotatable bonds is 3. The molecule has 2 atom stereocenters. The van der Waals surface area contributed by atoms with Crippen LogP contribution in [0.1, 0.15) is 24.8 Å². The van der Waals surface area contributed by atoms with Crippen molar-refractivity contribution in [1.29, 1.82) is 5.26 Å². The summed E-state index contributed by atoms with van der Waals surface area (Å²) in [6.07, 6.45) is 2.12. The van der Waals surface area contributed by atoms with Gasteiger partial charge in [0.15, 0.2) is 5.82 Å². The first-order valence-corrected chi connectivity index (χ1v) is 6.71. The minimum absolute atomic E-state index is 0.102. The Morgan fingerprint density at radius 1 is 1.53 bits per heavy atom. The third-order valence-electron chi connectivity index (χ3n) is 3.38. The molecule has 6 heteroatoms. The summed E-state index contributed by atoms with van der Waals surface area (Å²) in [4.78, 5) is 11.1. The van der Waals surface area contributed by atoms with E-state index in [1.165, 1.54) is 12.1 Å². The average molecular weight is 327 g/mol. The summed E-state index contributed by atoms with van der Waals surface area (Å²) in [5, 5.41) is 20.8. The van der Waals surface area contributed by atoms with Crippen molar-refractivity contribution in [2.75, 3.05) is 5.32 Å². The van der Waals surface area contributed by atoms with Crippen LogP contribution in [0.4, 0.5) is 10.1 Å². The predicted octanol–water partition coefficient (Wildman–Crippen LogP) is 3.13. The molecule has 1 aromatic rings. The normalized spacial score (nSPS) is 21.9. The predicted molar refractivity (Wildman–Crippen MR) is 71.2 cm³/mol. The zero-order valence-corrected chi connectivity index (χ0v) is 11.6. The number of anilines is 1. The molecule has 19 heavy (non-hydrogen) atoms. The molecule has 0 aromatic heterocycles. The lowest BCUT2D eigenvalue weighted by atomic mass is 10.0. The van der Waals surface area contributed by atoms with Gasteiger partial charge in [-0.25, -0.2) is 4.39 Å². The molecule has 0 saturated heterocycles. The van der Waals surface area contributed by atoms with Gasteiger partial charge >= 0.3 is 5.97 Å². The Balaban J connectivity index is 2.23. The molecule has 0 radical (unpaired) electrons. The molecular formula is C13H12BrFN2O2. The van der Waals surface area contributed by atoms with Gasteiger partial charge in [-0.3, -0.25) is 4.79 Å². The van der Waals surface area contributed by atoms with E-state index in [-0.39, 0.29) is 21.8 Å². The molecule has 100 valence electrons. The fourth-order valence-corrected chi connectivity index (χ4v) is 2.81. The number of nitrogens with one attached hydrogen (secondary N) is 1. The minimum Gasteiger partial charge on any atom is -0.481 e. The maximum Gasteiger partial charge on any atom is 0.308 e. The highest BCUT2D eigenvalue weighted by Crippen LogP contribution is 2.32. The van der Waals surface area contributed by atoms with Gasteiger partial charge in [0, 0.05) is 6.04 Å². The summed E-state index contributed by atoms with van der Waals surface area (Å²) in [6.45, 7) is 0. The topological polar surface area (TPSA) is 73.1 Å². The third kappa shape index (κ3) is 2.71. The van der Waals surface area contributed by atoms with E-state index in [0.717, 1.165) is 6.42 Å². The summed E-state index contributed by atoms with van der Waals surface area (Å²) in [5.41, 5.74) is 0.438. The van der Waals surface area contributed by atoms with Gasteiger partial charge in [-0.15, -0.1) is 0 Å². The lowest BCUT2D eigenvalue weighted by molar-refractivity contribution is -0.141. The van der Waals surface area contributed by atoms with E-state index in [4.69, 9.17) is 10.4 Å². The first-order valence-electron chi connectivity index (χ1n) is 5.92. The van der Waals surface area contributed by atoms with Crippen molar-refractivity contribution in [3.05, 3.63) is 28.0 Å². The molecule has 2 rings (SSSR count). The van der Waals surface area contributed by atoms with Crippen LogP contribution in [0, 0.1) is 23.1 Å². The number of carboxylic acid groups (broad SMARTS) is 1. The van der Waals surface area contributed by atoms with Crippen molar-refractivity contribution >= 4 is 27.6 Å². The highest BCUT2D eigenvalue weighted by Gasteiger charge is 2.33. The summed E-state index contributed by atoms with van der Waals surface area (Å²) >= 11 is 3.03. The van der Waals surface area contributed by atoms with E-state index in [1.54, 1.807) is 0 Å². The van der Waals surface area contributed by atoms with Crippen molar-refractivity contribution in [2.45, 2.75) is 25.3 Å². The molecule has 1 fully saturated rings. The van der Waals surface area contributed by atoms with Crippen molar-refractivity contribution in [3.63, 3.8) is 0 Å². The smallest absolute Gasteiger partial charge is 0.308 e. The van der Waals surface area contributed by atoms with Gasteiger partial charge in [0.05, 0.1) is 21.6 Å². The Morgan fingerprint density at radius 2 is 2.26 bits per heavy atom. The zero-order chi connectivity index (χ0) is 14.0. The Bertz CT molecular complexity index is 556. The van der Waals surface area contributed by atoms with Crippen LogP contribution in [-0.4, -0.2) is 17.1 Å². The fourth-order valence-electron chi connectivity index (χ4n) is 2.38. The SMILES string of the molecule is N#Cc1ccc(NC2CCCC2C(=O)O)c(F)c1Br. The van der Waals surface area contributed by atoms with Crippen LogP contribution < -0.4 is 5.32 Å². The van der Waals surface area contributed by atoms with Gasteiger partial charge in [0.1, 0.15) is 6.07 Å². The Labute approximate surface area is 118 Å². The molecule has 4 nitrogen and oxygen atoms in total. The molecule has 0 aliphatic heterocycles. The molecular weight excluding hydrogens is 315 g/mol. The number of hydrogen-bond donors (Lipinski definition) is 2. The summed E-state index contributed by atoms with van der Waals surface area (Å²) in [6, 6.07) is 4.57. The number of benzene rings is 1. The number of hydrogen-bond acceptors (Lipinski definition) is 3. The van der Waals surface area contributed by atoms with Crippen molar-refractivity contribution in [3.8, 4) is 6.07 Å². The Morgan fingerprint density at radius 3 is 2.89 bits per heavy atom. The van der Waals surface area contributed by atoms with Crippen molar-refractivity contribution in [1.82, 2.24) is 0 Å². The van der Waals surface area contributed by atoms with Crippen molar-refractivity contribution in [2.24, 2.45) is 5.92 Å². The van der Waals surface area contributed by atoms with Crippen LogP contribution >= 0.6 is 15.9 Å². The monoisotopic (exact) mass is 326 g/mol. The van der Waals surface area contributed by atoms with Gasteiger partial charge in [0.25, 0.3) is 0 Å². The van der Waals surface area contributed by atoms with Crippen LogP contribution in [0.5, 0.6) is 0 Å². The molecule has 0 heterocycles. The second kappa shape index (κ2) is 5.57. The highest BCUT2D eigenvalue weighted by atomic mass is 79.9. The quantitative estimate of drug-likeness (QED) is 0.895. The van der Waals surface area contributed by atoms with E-state index < -0.39 is 17.7 Å². The largest absolute Gasteiger partial charge is 0.481 e. The molecule has 0 spiro atoms. The van der Waals surface area contributed by atoms with E-state index in [0.29, 0.717) is 12.8 Å². The van der Waals surface area contributed by atoms with Gasteiger partial charge in [-0.05, 0) is 40.9 Å². The maximum atomic E-state index is 14.0. The summed E-state index contributed by atoms with van der Waals surface area (Å²) in [5.74, 6) is -1.91. The number of halogens is 2. The molecule has 1 aliphatic carbocycles. The van der Waals surface area contributed by atoms with E-state index in [9.17, 15) is 9.18 Å². The molecule has 0 amide bonds. The highest BCUT2D eigenvalue weighted by molar-refractivity contribution is 9.10. The standard InChI is InChI=1S/C13H12BrFN2O2/c14-11-7(6-16)4-5-10(12(11)15)17-9-3-1-2-8(9)13(18)19/h4-5,8-9,17H,1-3H2,(H,18,19). The van der Waals surface area contributed by atoms with E-state index in [2.05, 4.69) is 21.2 Å². The zero-order valence-electron chi connectivity index (χ0n) is 9.99. The number of nitrogens with zero attached hydrogens (tertiary/aromatic N) is 1. The second-order valence-electron chi connectivity index (χ2n) is 4.53. The molecule has 1 saturated carbocycles. The number of carboxylic acids is 1. The van der Waals surface area contributed by atoms with Gasteiger partial charge < -0.3 is 10.4 Å². The molecule has 1 aromatic carbocycles. The van der Waals surface area contributed by atoms with Gasteiger partial charge in [-0.2, -0.15) is 5.26 Å². The fraction of sp³-hybridized carbons (Fsp3) is 0.385. The minimum atomic E-state index is -0.858. The Kier molecular flexibility index (Phi) is 4.05. The molecule has 2 N–H and O–H groups in total. The van der Waals surface area contributed by atoms with Crippen molar-refractivity contribution < 1.29 is 14.3 Å². The Hall–Kier alpha value is -1.61. The third-order valence-corrected chi connectivity index (χ3v) is 4.15. The van der Waals surface area contributed by atoms with Crippen LogP contribution in [0.25, 0.3) is 0 Å². The lowest BCUT2D eigenvalue weighted by Crippen LogP contribution is -2.30. The summed E-state index contributed by atoms with van der Waals surface area (Å²) in [7, 11) is 0. The second-order valence-corrected chi connectivity index (χ2v) is 5.32. The number of aliphatic carboxylic acids is 1. The van der Waals surface area contributed by atoms with Gasteiger partial charge in [-0.1, -0.05) is 6.42 Å². The summed E-state index contributed by atoms with van der Waals surface area (Å²) < 4.78 is 14.1. The molecule has 2 unspecified atom stereocenters. The van der Waals surface area contributed by atoms with Crippen LogP contribution in [-0.2, 0) is 4.79 Å². The van der Waals surface area contributed by atoms with Gasteiger partial charge in [0.2, 0.25) is 0 Å². The number of carbonyl (C=O) groups is 1. The van der Waals surface area contributed by atoms with E-state index in [1.807, 2.05) is 6.07 Å². The van der Waals surface area contributed by atoms with Crippen LogP contribution in [0.3, 0.4) is 0 Å². The molecule has 0 bridgehead atoms. The maximum absolute atomic E-state index is 14.0. The average Bonchev–Trinajstić information content (AvgIpc) is 2.83. The van der Waals surface area contributed by atoms with Crippen LogP contribution in [0.2, 0.25) is 0 Å². The van der Waals surface area contributed by atoms with Crippen LogP contribution in [0.15, 0.2) is 16.6 Å².